The summed E-state index contributed by atoms with van der Waals surface area (Å²) in [4.78, 5) is 24.6. The number of hydrogen-bond acceptors (Lipinski definition) is 9. The normalized spacial score (nSPS) is 15.0. The largest absolute Gasteiger partial charge is 0.861 e. The van der Waals surface area contributed by atoms with Gasteiger partial charge in [-0.05, 0) is 48.7 Å². The van der Waals surface area contributed by atoms with Gasteiger partial charge in [-0.15, -0.1) is 0 Å². The van der Waals surface area contributed by atoms with Crippen LogP contribution in [0.4, 0.5) is 11.6 Å². The van der Waals surface area contributed by atoms with Crippen molar-refractivity contribution in [3.63, 3.8) is 0 Å². The number of carbonyl (C=O) groups is 1. The highest BCUT2D eigenvalue weighted by atomic mass is 32.2. The average Bonchev–Trinajstić information content (AvgIpc) is 3.44. The number of anilines is 1. The second-order valence-corrected chi connectivity index (χ2v) is 8.45. The molecule has 0 fully saturated rings. The van der Waals surface area contributed by atoms with Gasteiger partial charge in [-0.1, -0.05) is 42.1 Å². The molecule has 10 nitrogen and oxygen atoms in total. The Morgan fingerprint density at radius 1 is 1.23 bits per heavy atom. The fourth-order valence-electron chi connectivity index (χ4n) is 3.13. The third-order valence-electron chi connectivity index (χ3n) is 4.75. The average molecular weight is 493 g/mol. The first kappa shape index (κ1) is 24.0. The molecule has 2 heterocycles. The molecule has 0 saturated heterocycles. The van der Waals surface area contributed by atoms with Crippen LogP contribution in [-0.4, -0.2) is 48.7 Å². The van der Waals surface area contributed by atoms with E-state index in [9.17, 15) is 9.90 Å². The molecule has 2 aromatic carbocycles. The molecule has 0 atom stereocenters. The van der Waals surface area contributed by atoms with Crippen molar-refractivity contribution in [1.82, 2.24) is 5.27 Å². The highest BCUT2D eigenvalue weighted by Crippen LogP contribution is 2.29. The van der Waals surface area contributed by atoms with Gasteiger partial charge < -0.3 is 9.84 Å². The lowest BCUT2D eigenvalue weighted by molar-refractivity contribution is -0.753. The number of rotatable bonds is 8. The first-order chi connectivity index (χ1) is 16.9. The number of ether oxygens (including phenoxy) is 1. The summed E-state index contributed by atoms with van der Waals surface area (Å²) in [6.07, 6.45) is 3.20. The Hall–Kier alpha value is -4.12. The molecule has 0 radical (unpaired) electrons. The summed E-state index contributed by atoms with van der Waals surface area (Å²) in [5, 5.41) is 18.3. The van der Waals surface area contributed by atoms with E-state index in [0.717, 1.165) is 23.1 Å². The van der Waals surface area contributed by atoms with Crippen LogP contribution in [0.15, 0.2) is 81.0 Å². The minimum atomic E-state index is -0.441. The first-order valence-corrected chi connectivity index (χ1v) is 11.8. The van der Waals surface area contributed by atoms with Gasteiger partial charge in [0.1, 0.15) is 11.4 Å². The van der Waals surface area contributed by atoms with E-state index in [1.54, 1.807) is 25.2 Å². The van der Waals surface area contributed by atoms with Crippen molar-refractivity contribution >= 4 is 46.4 Å². The van der Waals surface area contributed by atoms with Crippen LogP contribution in [-0.2, 0) is 4.79 Å². The zero-order valence-electron chi connectivity index (χ0n) is 19.5. The lowest BCUT2D eigenvalue weighted by Gasteiger charge is -2.18. The zero-order valence-corrected chi connectivity index (χ0v) is 20.3. The summed E-state index contributed by atoms with van der Waals surface area (Å²) in [7, 11) is 3.55. The van der Waals surface area contributed by atoms with Crippen LogP contribution in [0.1, 0.15) is 12.5 Å². The molecule has 11 heteroatoms. The van der Waals surface area contributed by atoms with Crippen molar-refractivity contribution in [2.75, 3.05) is 36.4 Å². The van der Waals surface area contributed by atoms with Crippen molar-refractivity contribution in [2.24, 2.45) is 9.98 Å². The van der Waals surface area contributed by atoms with Crippen molar-refractivity contribution in [1.29, 1.82) is 0 Å². The predicted molar refractivity (Wildman–Crippen MR) is 133 cm³/mol. The zero-order chi connectivity index (χ0) is 24.8. The third-order valence-corrected chi connectivity index (χ3v) is 5.68. The lowest BCUT2D eigenvalue weighted by Crippen LogP contribution is -2.53. The molecule has 180 valence electrons. The Balaban J connectivity index is 1.56. The number of hydrogen-bond donors (Lipinski definition) is 0. The Kier molecular flexibility index (Phi) is 7.46. The second-order valence-electron chi connectivity index (χ2n) is 7.50. The molecule has 0 saturated carbocycles. The van der Waals surface area contributed by atoms with E-state index >= 15 is 0 Å². The first-order valence-electron chi connectivity index (χ1n) is 10.8. The standard InChI is InChI=1S/C24H24N6O4S/c1-4-33-19-12-10-17(11-13-19)14-20-23(32)30(18-8-6-5-7-9-18)24(25-20)35-16-21(31)26-22-15-29(27-34-22)28(2)3/h5-15H,4,16H2,1-3H3/b20-14+. The number of nitrogens with zero attached hydrogens (tertiary/aromatic N) is 6. The molecule has 0 unspecified atom stereocenters. The molecular weight excluding hydrogens is 468 g/mol. The highest BCUT2D eigenvalue weighted by molar-refractivity contribution is 8.14. The fourth-order valence-corrected chi connectivity index (χ4v) is 3.93. The maximum atomic E-state index is 13.3. The van der Waals surface area contributed by atoms with E-state index in [-0.39, 0.29) is 23.2 Å². The van der Waals surface area contributed by atoms with Gasteiger partial charge in [0.25, 0.3) is 12.1 Å². The molecule has 0 bridgehead atoms. The number of aliphatic imine (C=N–C) groups is 2. The number of amides is 1. The van der Waals surface area contributed by atoms with Crippen molar-refractivity contribution < 1.29 is 24.0 Å². The Morgan fingerprint density at radius 2 is 1.97 bits per heavy atom. The molecule has 1 aliphatic rings. The Morgan fingerprint density at radius 3 is 2.63 bits per heavy atom. The highest BCUT2D eigenvalue weighted by Gasteiger charge is 2.31. The number of amidine groups is 1. The summed E-state index contributed by atoms with van der Waals surface area (Å²) >= 11 is 1.13. The minimum absolute atomic E-state index is 0.0333. The van der Waals surface area contributed by atoms with Crippen molar-refractivity contribution in [3.05, 3.63) is 72.1 Å². The Bertz CT molecular complexity index is 1270. The van der Waals surface area contributed by atoms with Gasteiger partial charge in [-0.25, -0.2) is 9.98 Å². The van der Waals surface area contributed by atoms with Crippen molar-refractivity contribution in [3.8, 4) is 5.75 Å². The molecular formula is C24H24N6O4S. The van der Waals surface area contributed by atoms with Gasteiger partial charge in [0.05, 0.1) is 31.2 Å². The molecule has 0 spiro atoms. The Labute approximate surface area is 206 Å². The molecule has 3 aromatic rings. The number of carbonyl (C=O) groups excluding carboxylic acids is 1. The number of para-hydroxylation sites is 1. The molecule has 1 aromatic heterocycles. The molecule has 1 aliphatic heterocycles. The number of aromatic nitrogens is 2. The lowest BCUT2D eigenvalue weighted by atomic mass is 10.2. The summed E-state index contributed by atoms with van der Waals surface area (Å²) in [5.41, 5.74) is 1.74. The summed E-state index contributed by atoms with van der Waals surface area (Å²) in [6.45, 7) is 2.50. The van der Waals surface area contributed by atoms with Gasteiger partial charge >= 0.3 is 5.88 Å². The molecule has 1 amide bonds. The van der Waals surface area contributed by atoms with Crippen LogP contribution in [0.5, 0.6) is 5.75 Å². The summed E-state index contributed by atoms with van der Waals surface area (Å²) < 4.78 is 10.5. The predicted octanol–water partition coefficient (Wildman–Crippen LogP) is 2.13. The second kappa shape index (κ2) is 10.9. The SMILES string of the molecule is CCOc1ccc(/C=C2/N=C(SC/C([O-])=N\c3c[n+](N(C)C)no3)N(c3ccccc3)C2=O)cc1. The quantitative estimate of drug-likeness (QED) is 0.205. The monoisotopic (exact) mass is 492 g/mol. The van der Waals surface area contributed by atoms with E-state index < -0.39 is 5.90 Å². The van der Waals surface area contributed by atoms with Crippen LogP contribution in [0.25, 0.3) is 6.08 Å². The van der Waals surface area contributed by atoms with Gasteiger partial charge in [0.15, 0.2) is 5.17 Å². The molecule has 4 rings (SSSR count). The minimum Gasteiger partial charge on any atom is -0.861 e. The maximum Gasteiger partial charge on any atom is 0.324 e. The molecule has 0 N–H and O–H groups in total. The van der Waals surface area contributed by atoms with Gasteiger partial charge in [0.2, 0.25) is 5.27 Å². The van der Waals surface area contributed by atoms with Crippen LogP contribution in [0.2, 0.25) is 0 Å². The van der Waals surface area contributed by atoms with Crippen molar-refractivity contribution in [2.45, 2.75) is 6.92 Å². The number of thioether (sulfide) groups is 1. The van der Waals surface area contributed by atoms with E-state index in [2.05, 4.69) is 15.3 Å². The van der Waals surface area contributed by atoms with Gasteiger partial charge in [0, 0.05) is 5.75 Å². The van der Waals surface area contributed by atoms with Crippen LogP contribution >= 0.6 is 11.8 Å². The van der Waals surface area contributed by atoms with Gasteiger partial charge in [-0.2, -0.15) is 5.01 Å². The van der Waals surface area contributed by atoms with E-state index in [1.807, 2.05) is 61.5 Å². The van der Waals surface area contributed by atoms with E-state index in [4.69, 9.17) is 9.26 Å². The third kappa shape index (κ3) is 5.87. The molecule has 35 heavy (non-hydrogen) atoms. The topological polar surface area (TPSA) is 110 Å². The van der Waals surface area contributed by atoms with Crippen LogP contribution in [0.3, 0.4) is 0 Å². The number of benzene rings is 2. The fraction of sp³-hybridized carbons (Fsp3) is 0.208. The van der Waals surface area contributed by atoms with E-state index in [0.29, 0.717) is 17.5 Å². The van der Waals surface area contributed by atoms with Crippen LogP contribution in [0, 0.1) is 0 Å². The summed E-state index contributed by atoms with van der Waals surface area (Å²) in [5.74, 6) is 0.0883. The summed E-state index contributed by atoms with van der Waals surface area (Å²) in [6, 6.07) is 16.6. The van der Waals surface area contributed by atoms with Gasteiger partial charge in [-0.3, -0.25) is 14.2 Å². The van der Waals surface area contributed by atoms with Crippen LogP contribution < -0.4 is 24.5 Å². The maximum absolute atomic E-state index is 13.3. The molecule has 0 aliphatic carbocycles. The van der Waals surface area contributed by atoms with E-state index in [1.165, 1.54) is 15.9 Å². The smallest absolute Gasteiger partial charge is 0.324 e.